The molecule has 1 aliphatic rings. The summed E-state index contributed by atoms with van der Waals surface area (Å²) in [6.45, 7) is 14.0. The van der Waals surface area contributed by atoms with Gasteiger partial charge >= 0.3 is 12.1 Å². The highest BCUT2D eigenvalue weighted by Crippen LogP contribution is 2.25. The highest BCUT2D eigenvalue weighted by Gasteiger charge is 2.39. The molecule has 0 spiro atoms. The van der Waals surface area contributed by atoms with Crippen LogP contribution in [0.2, 0.25) is 0 Å². The second-order valence-corrected chi connectivity index (χ2v) is 9.82. The second-order valence-electron chi connectivity index (χ2n) is 9.82. The molecule has 2 N–H and O–H groups in total. The van der Waals surface area contributed by atoms with Crippen molar-refractivity contribution in [2.75, 3.05) is 13.1 Å². The van der Waals surface area contributed by atoms with Crippen molar-refractivity contribution in [1.29, 1.82) is 0 Å². The lowest BCUT2D eigenvalue weighted by Crippen LogP contribution is -2.52. The lowest BCUT2D eigenvalue weighted by atomic mass is 9.88. The first-order valence-corrected chi connectivity index (χ1v) is 10.3. The van der Waals surface area contributed by atoms with E-state index < -0.39 is 29.5 Å². The summed E-state index contributed by atoms with van der Waals surface area (Å²) in [5.74, 6) is -1.60. The molecule has 1 heterocycles. The number of carboxylic acids is 1. The number of rotatable bonds is 7. The second kappa shape index (κ2) is 10.1. The van der Waals surface area contributed by atoms with Crippen LogP contribution in [-0.2, 0) is 14.3 Å². The van der Waals surface area contributed by atoms with Crippen LogP contribution < -0.4 is 5.32 Å². The molecule has 0 aromatic rings. The Kier molecular flexibility index (Phi) is 8.76. The fraction of sp³-hybridized carbons (Fsp3) is 0.857. The molecule has 0 bridgehead atoms. The molecule has 28 heavy (non-hydrogen) atoms. The number of ether oxygens (including phenoxy) is 1. The maximum atomic E-state index is 12.9. The number of hydrogen-bond acceptors (Lipinski definition) is 4. The number of likely N-dealkylation sites (tertiary alicyclic amines) is 1. The zero-order chi connectivity index (χ0) is 21.6. The minimum Gasteiger partial charge on any atom is -0.481 e. The van der Waals surface area contributed by atoms with E-state index in [9.17, 15) is 19.5 Å². The van der Waals surface area contributed by atoms with Gasteiger partial charge in [0, 0.05) is 19.1 Å². The Hall–Kier alpha value is -1.79. The Balaban J connectivity index is 2.88. The fourth-order valence-corrected chi connectivity index (χ4v) is 3.61. The van der Waals surface area contributed by atoms with Crippen molar-refractivity contribution in [3.63, 3.8) is 0 Å². The summed E-state index contributed by atoms with van der Waals surface area (Å²) in [7, 11) is 0. The van der Waals surface area contributed by atoms with Crippen molar-refractivity contribution in [1.82, 2.24) is 10.2 Å². The van der Waals surface area contributed by atoms with Gasteiger partial charge in [0.2, 0.25) is 5.91 Å². The number of carbonyl (C=O) groups excluding carboxylic acids is 2. The molecule has 0 unspecified atom stereocenters. The zero-order valence-corrected chi connectivity index (χ0v) is 18.4. The molecule has 1 saturated heterocycles. The number of hydrogen-bond donors (Lipinski definition) is 2. The van der Waals surface area contributed by atoms with Crippen LogP contribution in [0.4, 0.5) is 4.79 Å². The van der Waals surface area contributed by atoms with Crippen molar-refractivity contribution < 1.29 is 24.2 Å². The van der Waals surface area contributed by atoms with E-state index in [1.54, 1.807) is 20.8 Å². The Morgan fingerprint density at radius 1 is 1.04 bits per heavy atom. The summed E-state index contributed by atoms with van der Waals surface area (Å²) in [6, 6.07) is 0.0488. The number of aliphatic carboxylic acids is 1. The van der Waals surface area contributed by atoms with E-state index in [0.717, 1.165) is 12.8 Å². The Morgan fingerprint density at radius 3 is 1.96 bits per heavy atom. The van der Waals surface area contributed by atoms with Gasteiger partial charge in [-0.2, -0.15) is 0 Å². The smallest absolute Gasteiger partial charge is 0.410 e. The van der Waals surface area contributed by atoms with Crippen LogP contribution >= 0.6 is 0 Å². The summed E-state index contributed by atoms with van der Waals surface area (Å²) >= 11 is 0. The minimum absolute atomic E-state index is 0.0488. The Morgan fingerprint density at radius 2 is 1.54 bits per heavy atom. The Labute approximate surface area is 169 Å². The Bertz CT molecular complexity index is 543. The summed E-state index contributed by atoms with van der Waals surface area (Å²) in [5.41, 5.74) is -0.676. The predicted molar refractivity (Wildman–Crippen MR) is 108 cm³/mol. The molecule has 1 rings (SSSR count). The molecule has 0 aromatic carbocycles. The van der Waals surface area contributed by atoms with Crippen LogP contribution in [0.5, 0.6) is 0 Å². The van der Waals surface area contributed by atoms with Gasteiger partial charge in [-0.05, 0) is 51.9 Å². The number of nitrogens with zero attached hydrogens (tertiary/aromatic N) is 1. The average Bonchev–Trinajstić information content (AvgIpc) is 2.51. The van der Waals surface area contributed by atoms with E-state index in [0.29, 0.717) is 11.8 Å². The number of carboxylic acid groups (broad SMARTS) is 1. The first kappa shape index (κ1) is 24.2. The van der Waals surface area contributed by atoms with Crippen LogP contribution in [0.3, 0.4) is 0 Å². The third-order valence-corrected chi connectivity index (χ3v) is 4.68. The third kappa shape index (κ3) is 8.48. The van der Waals surface area contributed by atoms with Crippen LogP contribution in [0.25, 0.3) is 0 Å². The summed E-state index contributed by atoms with van der Waals surface area (Å²) in [5, 5.41) is 12.6. The topological polar surface area (TPSA) is 95.9 Å². The van der Waals surface area contributed by atoms with E-state index in [1.165, 1.54) is 4.90 Å². The molecule has 2 atom stereocenters. The number of amides is 2. The maximum absolute atomic E-state index is 12.9. The van der Waals surface area contributed by atoms with E-state index >= 15 is 0 Å². The maximum Gasteiger partial charge on any atom is 0.410 e. The largest absolute Gasteiger partial charge is 0.481 e. The first-order chi connectivity index (χ1) is 12.8. The molecule has 1 aliphatic heterocycles. The molecule has 0 aromatic heterocycles. The van der Waals surface area contributed by atoms with E-state index in [4.69, 9.17) is 4.74 Å². The molecular formula is C21H38N2O5. The molecule has 7 nitrogen and oxygen atoms in total. The number of nitrogens with one attached hydrogen (secondary N) is 1. The molecule has 7 heteroatoms. The monoisotopic (exact) mass is 398 g/mol. The SMILES string of the molecule is CC(C)CC(CC(C)C)NC(=O)[C@H]1C[C@@H](C(=O)O)CN(C(=O)OC(C)(C)C)C1. The number of carbonyl (C=O) groups is 3. The van der Waals surface area contributed by atoms with Crippen molar-refractivity contribution >= 4 is 18.0 Å². The lowest BCUT2D eigenvalue weighted by Gasteiger charge is -2.37. The van der Waals surface area contributed by atoms with Crippen molar-refractivity contribution in [3.05, 3.63) is 0 Å². The molecule has 0 radical (unpaired) electrons. The summed E-state index contributed by atoms with van der Waals surface area (Å²) in [6.07, 6.45) is 1.40. The third-order valence-electron chi connectivity index (χ3n) is 4.68. The van der Waals surface area contributed by atoms with Gasteiger partial charge in [0.1, 0.15) is 5.60 Å². The van der Waals surface area contributed by atoms with Crippen molar-refractivity contribution in [3.8, 4) is 0 Å². The van der Waals surface area contributed by atoms with Gasteiger partial charge in [0.15, 0.2) is 0 Å². The summed E-state index contributed by atoms with van der Waals surface area (Å²) in [4.78, 5) is 38.3. The van der Waals surface area contributed by atoms with E-state index in [-0.39, 0.29) is 31.5 Å². The van der Waals surface area contributed by atoms with Gasteiger partial charge in [-0.15, -0.1) is 0 Å². The van der Waals surface area contributed by atoms with E-state index in [1.807, 2.05) is 0 Å². The molecule has 2 amide bonds. The van der Waals surface area contributed by atoms with Crippen LogP contribution in [0, 0.1) is 23.7 Å². The predicted octanol–water partition coefficient (Wildman–Crippen LogP) is 3.52. The standard InChI is InChI=1S/C21H38N2O5/c1-13(2)8-17(9-14(3)4)22-18(24)15-10-16(19(25)26)12-23(11-15)20(27)28-21(5,6)7/h13-17H,8-12H2,1-7H3,(H,22,24)(H,25,26)/t15-,16+/m0/s1. The van der Waals surface area contributed by atoms with E-state index in [2.05, 4.69) is 33.0 Å². The van der Waals surface area contributed by atoms with Crippen LogP contribution in [0.1, 0.15) is 67.7 Å². The highest BCUT2D eigenvalue weighted by molar-refractivity contribution is 5.82. The van der Waals surface area contributed by atoms with Gasteiger partial charge in [-0.1, -0.05) is 27.7 Å². The van der Waals surface area contributed by atoms with Gasteiger partial charge in [-0.25, -0.2) is 4.79 Å². The van der Waals surface area contributed by atoms with Crippen LogP contribution in [0.15, 0.2) is 0 Å². The normalized spacial score (nSPS) is 20.6. The van der Waals surface area contributed by atoms with Crippen LogP contribution in [-0.4, -0.2) is 52.7 Å². The first-order valence-electron chi connectivity index (χ1n) is 10.3. The average molecular weight is 399 g/mol. The van der Waals surface area contributed by atoms with Gasteiger partial charge < -0.3 is 20.1 Å². The lowest BCUT2D eigenvalue weighted by molar-refractivity contribution is -0.145. The molecular weight excluding hydrogens is 360 g/mol. The minimum atomic E-state index is -0.994. The molecule has 162 valence electrons. The highest BCUT2D eigenvalue weighted by atomic mass is 16.6. The summed E-state index contributed by atoms with van der Waals surface area (Å²) < 4.78 is 5.38. The molecule has 1 fully saturated rings. The van der Waals surface area contributed by atoms with Crippen molar-refractivity contribution in [2.24, 2.45) is 23.7 Å². The van der Waals surface area contributed by atoms with Gasteiger partial charge in [-0.3, -0.25) is 9.59 Å². The molecule has 0 saturated carbocycles. The van der Waals surface area contributed by atoms with Crippen molar-refractivity contribution in [2.45, 2.75) is 79.4 Å². The zero-order valence-electron chi connectivity index (χ0n) is 18.4. The fourth-order valence-electron chi connectivity index (χ4n) is 3.61. The number of piperidine rings is 1. The van der Waals surface area contributed by atoms with Gasteiger partial charge in [0.25, 0.3) is 0 Å². The molecule has 0 aliphatic carbocycles. The quantitative estimate of drug-likeness (QED) is 0.684. The van der Waals surface area contributed by atoms with Gasteiger partial charge in [0.05, 0.1) is 11.8 Å².